The minimum absolute atomic E-state index is 0.200. The Labute approximate surface area is 208 Å². The predicted octanol–water partition coefficient (Wildman–Crippen LogP) is 8.11. The topological polar surface area (TPSA) is 58.2 Å². The Bertz CT molecular complexity index is 1090. The zero-order chi connectivity index (χ0) is 22.1. The Hall–Kier alpha value is -0.960. The molecule has 0 aromatic heterocycles. The van der Waals surface area contributed by atoms with Crippen molar-refractivity contribution in [3.8, 4) is 0 Å². The van der Waals surface area contributed by atoms with Crippen LogP contribution in [0.25, 0.3) is 0 Å². The van der Waals surface area contributed by atoms with Gasteiger partial charge in [0.05, 0.1) is 22.5 Å². The maximum absolute atomic E-state index is 13.3. The fourth-order valence-electron chi connectivity index (χ4n) is 3.95. The number of ketones is 2. The molecule has 2 N–H and O–H groups in total. The predicted molar refractivity (Wildman–Crippen MR) is 135 cm³/mol. The molecule has 30 heavy (non-hydrogen) atoms. The molecule has 0 fully saturated rings. The first-order chi connectivity index (χ1) is 14.0. The van der Waals surface area contributed by atoms with Crippen molar-refractivity contribution in [3.05, 3.63) is 63.7 Å². The lowest BCUT2D eigenvalue weighted by Crippen LogP contribution is -2.13. The van der Waals surface area contributed by atoms with Crippen LogP contribution >= 0.6 is 63.7 Å². The maximum atomic E-state index is 13.3. The molecule has 0 spiro atoms. The molecule has 0 radical (unpaired) electrons. The highest BCUT2D eigenvalue weighted by atomic mass is 79.9. The van der Waals surface area contributed by atoms with Crippen LogP contribution in [0.5, 0.6) is 0 Å². The second-order valence-electron chi connectivity index (χ2n) is 7.98. The Balaban J connectivity index is 1.86. The molecule has 0 atom stereocenters. The molecule has 2 aliphatic rings. The van der Waals surface area contributed by atoms with E-state index in [0.717, 1.165) is 29.0 Å². The lowest BCUT2D eigenvalue weighted by atomic mass is 9.97. The number of fused-ring (bicyclic) bond motifs is 2. The van der Waals surface area contributed by atoms with Gasteiger partial charge >= 0.3 is 0 Å². The van der Waals surface area contributed by atoms with Gasteiger partial charge in [-0.05, 0) is 67.0 Å². The highest BCUT2D eigenvalue weighted by Gasteiger charge is 2.38. The summed E-state index contributed by atoms with van der Waals surface area (Å²) < 4.78 is 3.33. The fourth-order valence-corrected chi connectivity index (χ4v) is 8.39. The smallest absolute Gasteiger partial charge is 0.214 e. The first-order valence-corrected chi connectivity index (χ1v) is 12.6. The monoisotopic (exact) mass is 658 g/mol. The molecule has 0 saturated carbocycles. The summed E-state index contributed by atoms with van der Waals surface area (Å²) in [6.07, 6.45) is 0. The summed E-state index contributed by atoms with van der Waals surface area (Å²) in [4.78, 5) is 26.7. The van der Waals surface area contributed by atoms with Gasteiger partial charge in [0.2, 0.25) is 11.6 Å². The maximum Gasteiger partial charge on any atom is 0.214 e. The van der Waals surface area contributed by atoms with E-state index >= 15 is 0 Å². The number of nitrogens with one attached hydrogen (secondary N) is 2. The summed E-state index contributed by atoms with van der Waals surface area (Å²) in [5.41, 5.74) is 5.06. The Kier molecular flexibility index (Phi) is 5.83. The Morgan fingerprint density at radius 2 is 1.00 bits per heavy atom. The lowest BCUT2D eigenvalue weighted by Gasteiger charge is -2.13. The van der Waals surface area contributed by atoms with E-state index in [-0.39, 0.29) is 34.8 Å². The molecule has 2 aliphatic heterocycles. The molecule has 0 amide bonds. The third-order valence-corrected chi connectivity index (χ3v) is 8.30. The molecule has 4 rings (SSSR count). The summed E-state index contributed by atoms with van der Waals surface area (Å²) in [6.45, 7) is 8.29. The van der Waals surface area contributed by atoms with Crippen LogP contribution in [0.2, 0.25) is 0 Å². The van der Waals surface area contributed by atoms with Crippen molar-refractivity contribution in [2.75, 3.05) is 10.6 Å². The summed E-state index contributed by atoms with van der Waals surface area (Å²) in [5.74, 6) is 0.0482. The molecule has 0 saturated heterocycles. The Morgan fingerprint density at radius 3 is 1.30 bits per heavy atom. The van der Waals surface area contributed by atoms with Gasteiger partial charge in [0.25, 0.3) is 0 Å². The van der Waals surface area contributed by atoms with Crippen LogP contribution in [-0.4, -0.2) is 11.6 Å². The van der Waals surface area contributed by atoms with Crippen molar-refractivity contribution < 1.29 is 9.59 Å². The van der Waals surface area contributed by atoms with Crippen molar-refractivity contribution in [2.45, 2.75) is 39.5 Å². The third-order valence-electron chi connectivity index (χ3n) is 5.34. The van der Waals surface area contributed by atoms with Crippen LogP contribution in [0.3, 0.4) is 0 Å². The number of hydrogen-bond donors (Lipinski definition) is 2. The average Bonchev–Trinajstić information content (AvgIpc) is 3.11. The number of carbonyl (C=O) groups is 2. The van der Waals surface area contributed by atoms with Crippen LogP contribution in [0.4, 0.5) is 11.4 Å². The molecule has 2 heterocycles. The second-order valence-corrected chi connectivity index (χ2v) is 11.3. The fraction of sp³-hybridized carbons (Fsp3) is 0.273. The van der Waals surface area contributed by atoms with Gasteiger partial charge in [0.15, 0.2) is 0 Å². The number of anilines is 2. The number of rotatable bonds is 2. The molecule has 156 valence electrons. The molecule has 0 aliphatic carbocycles. The first kappa shape index (κ1) is 22.2. The first-order valence-electron chi connectivity index (χ1n) is 9.46. The molecule has 0 unspecified atom stereocenters. The van der Waals surface area contributed by atoms with Crippen molar-refractivity contribution in [2.24, 2.45) is 0 Å². The molecular formula is C22H18Br4N2O2. The van der Waals surface area contributed by atoms with Crippen molar-refractivity contribution in [1.29, 1.82) is 0 Å². The quantitative estimate of drug-likeness (QED) is 0.320. The van der Waals surface area contributed by atoms with Crippen LogP contribution in [0.1, 0.15) is 71.4 Å². The van der Waals surface area contributed by atoms with Gasteiger partial charge in [-0.3, -0.25) is 9.59 Å². The van der Waals surface area contributed by atoms with Gasteiger partial charge in [0, 0.05) is 17.9 Å². The normalized spacial score (nSPS) is 17.5. The highest BCUT2D eigenvalue weighted by Crippen LogP contribution is 2.46. The van der Waals surface area contributed by atoms with E-state index in [2.05, 4.69) is 102 Å². The summed E-state index contributed by atoms with van der Waals surface area (Å²) in [5, 5.41) is 6.34. The molecule has 0 bridgehead atoms. The number of Topliss-reactive ketones (excluding diaryl/α,β-unsaturated/α-hetero) is 2. The Morgan fingerprint density at radius 1 is 0.667 bits per heavy atom. The van der Waals surface area contributed by atoms with Gasteiger partial charge in [-0.15, -0.1) is 0 Å². The number of allylic oxidation sites excluding steroid dienone is 2. The van der Waals surface area contributed by atoms with Crippen LogP contribution < -0.4 is 10.6 Å². The van der Waals surface area contributed by atoms with E-state index in [4.69, 9.17) is 0 Å². The number of carbonyl (C=O) groups excluding carboxylic acids is 2. The third kappa shape index (κ3) is 3.26. The molecule has 2 aromatic rings. The van der Waals surface area contributed by atoms with Gasteiger partial charge in [-0.2, -0.15) is 0 Å². The van der Waals surface area contributed by atoms with Crippen LogP contribution in [0.15, 0.2) is 41.4 Å². The zero-order valence-electron chi connectivity index (χ0n) is 16.6. The van der Waals surface area contributed by atoms with Gasteiger partial charge in [0.1, 0.15) is 11.4 Å². The number of benzene rings is 2. The zero-order valence-corrected chi connectivity index (χ0v) is 23.0. The molecule has 8 heteroatoms. The standard InChI is InChI=1S/C22H18Br4N2O2/c1-7(2)13-9(23)5-11-15(17(13)25)21(29)19(27-11)20-22(30)16-12(28-20)6-10(24)14(8(3)4)18(16)26/h5-8,27-28H,1-4H3/b20-19+. The van der Waals surface area contributed by atoms with E-state index in [9.17, 15) is 9.59 Å². The van der Waals surface area contributed by atoms with E-state index in [0.29, 0.717) is 22.5 Å². The second kappa shape index (κ2) is 7.87. The molecular weight excluding hydrogens is 644 g/mol. The van der Waals surface area contributed by atoms with Gasteiger partial charge in [-0.25, -0.2) is 0 Å². The SMILES string of the molecule is CC(C)c1c(Br)cc2c(c1Br)C(=O)/C(=C1\Nc3cc(Br)c(C(C)C)c(Br)c3C1=O)N2. The minimum Gasteiger partial charge on any atom is -0.350 e. The highest BCUT2D eigenvalue weighted by molar-refractivity contribution is 9.11. The summed E-state index contributed by atoms with van der Waals surface area (Å²) >= 11 is 14.5. The molecule has 2 aromatic carbocycles. The van der Waals surface area contributed by atoms with E-state index in [1.165, 1.54) is 0 Å². The van der Waals surface area contributed by atoms with E-state index in [1.54, 1.807) is 0 Å². The summed E-state index contributed by atoms with van der Waals surface area (Å²) in [6, 6.07) is 3.80. The summed E-state index contributed by atoms with van der Waals surface area (Å²) in [7, 11) is 0. The molecule has 4 nitrogen and oxygen atoms in total. The largest absolute Gasteiger partial charge is 0.350 e. The van der Waals surface area contributed by atoms with Crippen LogP contribution in [-0.2, 0) is 0 Å². The van der Waals surface area contributed by atoms with Gasteiger partial charge in [-0.1, -0.05) is 59.6 Å². The van der Waals surface area contributed by atoms with Crippen LogP contribution in [0, 0.1) is 0 Å². The van der Waals surface area contributed by atoms with Crippen molar-refractivity contribution in [1.82, 2.24) is 0 Å². The number of hydrogen-bond acceptors (Lipinski definition) is 4. The average molecular weight is 662 g/mol. The number of halogens is 4. The van der Waals surface area contributed by atoms with E-state index in [1.807, 2.05) is 12.1 Å². The minimum atomic E-state index is -0.200. The van der Waals surface area contributed by atoms with Crippen molar-refractivity contribution >= 4 is 86.7 Å². The van der Waals surface area contributed by atoms with E-state index < -0.39 is 0 Å². The van der Waals surface area contributed by atoms with Crippen molar-refractivity contribution in [3.63, 3.8) is 0 Å². The van der Waals surface area contributed by atoms with Gasteiger partial charge < -0.3 is 10.6 Å². The lowest BCUT2D eigenvalue weighted by molar-refractivity contribution is 0.101.